The molecule has 0 aromatic heterocycles. The third kappa shape index (κ3) is 7.20. The molecule has 16 heavy (non-hydrogen) atoms. The molecule has 0 aromatic carbocycles. The van der Waals surface area contributed by atoms with Crippen LogP contribution in [-0.4, -0.2) is 46.9 Å². The molecule has 0 aromatic rings. The Morgan fingerprint density at radius 3 is 1.81 bits per heavy atom. The van der Waals surface area contributed by atoms with Crippen LogP contribution in [-0.2, 0) is 4.74 Å². The molecule has 0 bridgehead atoms. The number of nitrogens with zero attached hydrogens (tertiary/aromatic N) is 1. The SMILES string of the molecule is CC(C)N(CC(O)COC(C)(C)C)C(C)C. The van der Waals surface area contributed by atoms with E-state index in [1.54, 1.807) is 0 Å². The summed E-state index contributed by atoms with van der Waals surface area (Å²) >= 11 is 0. The minimum Gasteiger partial charge on any atom is -0.389 e. The number of ether oxygens (including phenoxy) is 1. The molecule has 0 aliphatic carbocycles. The van der Waals surface area contributed by atoms with Crippen molar-refractivity contribution in [2.45, 2.75) is 72.3 Å². The summed E-state index contributed by atoms with van der Waals surface area (Å²) in [4.78, 5) is 2.27. The van der Waals surface area contributed by atoms with E-state index in [1.807, 2.05) is 20.8 Å². The summed E-state index contributed by atoms with van der Waals surface area (Å²) in [5.74, 6) is 0. The van der Waals surface area contributed by atoms with Crippen molar-refractivity contribution in [1.29, 1.82) is 0 Å². The Bertz CT molecular complexity index is 177. The predicted octanol–water partition coefficient (Wildman–Crippen LogP) is 2.28. The summed E-state index contributed by atoms with van der Waals surface area (Å²) in [5.41, 5.74) is -0.179. The number of rotatable bonds is 6. The van der Waals surface area contributed by atoms with Crippen LogP contribution in [0.3, 0.4) is 0 Å². The Labute approximate surface area is 101 Å². The molecule has 0 aliphatic heterocycles. The zero-order valence-corrected chi connectivity index (χ0v) is 11.9. The molecule has 0 aliphatic rings. The largest absolute Gasteiger partial charge is 0.389 e. The van der Waals surface area contributed by atoms with Crippen LogP contribution in [0, 0.1) is 0 Å². The zero-order chi connectivity index (χ0) is 12.9. The molecule has 0 radical (unpaired) electrons. The third-order valence-electron chi connectivity index (χ3n) is 2.46. The van der Waals surface area contributed by atoms with Crippen LogP contribution in [0.25, 0.3) is 0 Å². The first-order valence-corrected chi connectivity index (χ1v) is 6.21. The van der Waals surface area contributed by atoms with Gasteiger partial charge in [-0.15, -0.1) is 0 Å². The quantitative estimate of drug-likeness (QED) is 0.761. The van der Waals surface area contributed by atoms with Crippen LogP contribution in [0.15, 0.2) is 0 Å². The summed E-state index contributed by atoms with van der Waals surface area (Å²) in [6.07, 6.45) is -0.413. The molecule has 98 valence electrons. The maximum Gasteiger partial charge on any atom is 0.0900 e. The molecule has 0 spiro atoms. The first-order valence-electron chi connectivity index (χ1n) is 6.21. The second-order valence-electron chi connectivity index (χ2n) is 5.96. The lowest BCUT2D eigenvalue weighted by atomic mass is 10.2. The van der Waals surface area contributed by atoms with E-state index in [4.69, 9.17) is 4.74 Å². The lowest BCUT2D eigenvalue weighted by molar-refractivity contribution is -0.0604. The zero-order valence-electron chi connectivity index (χ0n) is 11.9. The monoisotopic (exact) mass is 231 g/mol. The van der Waals surface area contributed by atoms with E-state index in [0.29, 0.717) is 25.2 Å². The van der Waals surface area contributed by atoms with E-state index in [2.05, 4.69) is 32.6 Å². The first-order chi connectivity index (χ1) is 7.13. The van der Waals surface area contributed by atoms with Crippen molar-refractivity contribution < 1.29 is 9.84 Å². The van der Waals surface area contributed by atoms with Gasteiger partial charge in [0.1, 0.15) is 0 Å². The summed E-state index contributed by atoms with van der Waals surface area (Å²) in [7, 11) is 0. The minimum absolute atomic E-state index is 0.179. The molecular formula is C13H29NO2. The molecule has 1 unspecified atom stereocenters. The molecule has 0 amide bonds. The molecule has 0 rings (SSSR count). The van der Waals surface area contributed by atoms with Gasteiger partial charge in [0, 0.05) is 18.6 Å². The summed E-state index contributed by atoms with van der Waals surface area (Å²) in [6, 6.07) is 0.897. The second-order valence-corrected chi connectivity index (χ2v) is 5.96. The van der Waals surface area contributed by atoms with Crippen LogP contribution in [0.4, 0.5) is 0 Å². The molecule has 0 heterocycles. The lowest BCUT2D eigenvalue weighted by Gasteiger charge is -2.33. The Kier molecular flexibility index (Phi) is 6.53. The van der Waals surface area contributed by atoms with E-state index in [9.17, 15) is 5.11 Å². The van der Waals surface area contributed by atoms with Gasteiger partial charge in [0.05, 0.1) is 18.3 Å². The smallest absolute Gasteiger partial charge is 0.0900 e. The molecule has 1 N–H and O–H groups in total. The summed E-state index contributed by atoms with van der Waals surface area (Å²) in [6.45, 7) is 15.7. The van der Waals surface area contributed by atoms with Crippen molar-refractivity contribution in [2.24, 2.45) is 0 Å². The van der Waals surface area contributed by atoms with E-state index < -0.39 is 6.10 Å². The van der Waals surface area contributed by atoms with Gasteiger partial charge in [-0.2, -0.15) is 0 Å². The molecule has 1 atom stereocenters. The average molecular weight is 231 g/mol. The highest BCUT2D eigenvalue weighted by atomic mass is 16.5. The summed E-state index contributed by atoms with van der Waals surface area (Å²) in [5, 5.41) is 9.91. The number of aliphatic hydroxyl groups is 1. The number of hydrogen-bond donors (Lipinski definition) is 1. The fourth-order valence-corrected chi connectivity index (χ4v) is 1.66. The van der Waals surface area contributed by atoms with Gasteiger partial charge in [0.2, 0.25) is 0 Å². The topological polar surface area (TPSA) is 32.7 Å². The van der Waals surface area contributed by atoms with Gasteiger partial charge in [-0.25, -0.2) is 0 Å². The molecule has 3 heteroatoms. The van der Waals surface area contributed by atoms with Crippen LogP contribution in [0.2, 0.25) is 0 Å². The first kappa shape index (κ1) is 15.9. The van der Waals surface area contributed by atoms with Gasteiger partial charge in [0.25, 0.3) is 0 Å². The molecule has 0 fully saturated rings. The van der Waals surface area contributed by atoms with Crippen molar-refractivity contribution in [3.05, 3.63) is 0 Å². The summed E-state index contributed by atoms with van der Waals surface area (Å²) < 4.78 is 5.57. The van der Waals surface area contributed by atoms with Gasteiger partial charge < -0.3 is 9.84 Å². The van der Waals surface area contributed by atoms with Gasteiger partial charge in [-0.3, -0.25) is 4.90 Å². The van der Waals surface area contributed by atoms with Crippen molar-refractivity contribution in [2.75, 3.05) is 13.2 Å². The van der Waals surface area contributed by atoms with E-state index in [0.717, 1.165) is 0 Å². The predicted molar refractivity (Wildman–Crippen MR) is 68.7 cm³/mol. The lowest BCUT2D eigenvalue weighted by Crippen LogP contribution is -2.44. The number of hydrogen-bond acceptors (Lipinski definition) is 3. The van der Waals surface area contributed by atoms with Gasteiger partial charge in [-0.05, 0) is 48.5 Å². The van der Waals surface area contributed by atoms with E-state index >= 15 is 0 Å². The molecule has 0 saturated carbocycles. The second kappa shape index (κ2) is 6.58. The fourth-order valence-electron chi connectivity index (χ4n) is 1.66. The average Bonchev–Trinajstić information content (AvgIpc) is 2.08. The Morgan fingerprint density at radius 1 is 1.06 bits per heavy atom. The van der Waals surface area contributed by atoms with Crippen molar-refractivity contribution in [1.82, 2.24) is 4.90 Å². The standard InChI is InChI=1S/C13H29NO2/c1-10(2)14(11(3)4)8-12(15)9-16-13(5,6)7/h10-12,15H,8-9H2,1-7H3. The van der Waals surface area contributed by atoms with Crippen molar-refractivity contribution in [3.8, 4) is 0 Å². The fraction of sp³-hybridized carbons (Fsp3) is 1.00. The van der Waals surface area contributed by atoms with Crippen molar-refractivity contribution >= 4 is 0 Å². The molecular weight excluding hydrogens is 202 g/mol. The Morgan fingerprint density at radius 2 is 1.50 bits per heavy atom. The highest BCUT2D eigenvalue weighted by Crippen LogP contribution is 2.10. The van der Waals surface area contributed by atoms with Gasteiger partial charge in [0.15, 0.2) is 0 Å². The minimum atomic E-state index is -0.413. The van der Waals surface area contributed by atoms with E-state index in [1.165, 1.54) is 0 Å². The highest BCUT2D eigenvalue weighted by molar-refractivity contribution is 4.72. The van der Waals surface area contributed by atoms with E-state index in [-0.39, 0.29) is 5.60 Å². The highest BCUT2D eigenvalue weighted by Gasteiger charge is 2.19. The molecule has 3 nitrogen and oxygen atoms in total. The van der Waals surface area contributed by atoms with Crippen LogP contribution < -0.4 is 0 Å². The maximum atomic E-state index is 9.91. The number of aliphatic hydroxyl groups excluding tert-OH is 1. The maximum absolute atomic E-state index is 9.91. The van der Waals surface area contributed by atoms with Gasteiger partial charge in [-0.1, -0.05) is 0 Å². The Hall–Kier alpha value is -0.120. The van der Waals surface area contributed by atoms with Crippen LogP contribution >= 0.6 is 0 Å². The van der Waals surface area contributed by atoms with Crippen molar-refractivity contribution in [3.63, 3.8) is 0 Å². The van der Waals surface area contributed by atoms with Gasteiger partial charge >= 0.3 is 0 Å². The van der Waals surface area contributed by atoms with Crippen LogP contribution in [0.1, 0.15) is 48.5 Å². The Balaban J connectivity index is 4.06. The molecule has 0 saturated heterocycles. The normalized spacial score (nSPS) is 15.2. The van der Waals surface area contributed by atoms with Crippen LogP contribution in [0.5, 0.6) is 0 Å². The third-order valence-corrected chi connectivity index (χ3v) is 2.46.